The van der Waals surface area contributed by atoms with Crippen molar-refractivity contribution >= 4 is 33.1 Å². The van der Waals surface area contributed by atoms with E-state index in [9.17, 15) is 18.4 Å². The molecule has 14 heteroatoms. The largest absolute Gasteiger partial charge is 0.493 e. The SMILES string of the molecule is COc1c(F)ccc2c1C[C@H](F)[C@@H]2Nc1nccc2cc(-c3c4c(nc(CCc5ccc(F)cc5)c3-c3n[nH]c(=O)o3)C35CC(CN3C4=O)C5)sc12. The fourth-order valence-corrected chi connectivity index (χ4v) is 10.0. The Morgan fingerprint density at radius 1 is 1.08 bits per heavy atom. The zero-order valence-corrected chi connectivity index (χ0v) is 28.5. The van der Waals surface area contributed by atoms with Gasteiger partial charge in [-0.05, 0) is 78.4 Å². The Hall–Kier alpha value is -5.50. The van der Waals surface area contributed by atoms with Gasteiger partial charge in [-0.25, -0.2) is 28.0 Å². The number of carbonyl (C=O) groups excluding carboxylic acids is 1. The van der Waals surface area contributed by atoms with Gasteiger partial charge in [-0.15, -0.1) is 16.4 Å². The van der Waals surface area contributed by atoms with Crippen molar-refractivity contribution in [2.45, 2.75) is 49.9 Å². The summed E-state index contributed by atoms with van der Waals surface area (Å²) in [6.07, 6.45) is 2.82. The number of ether oxygens (including phenoxy) is 1. The summed E-state index contributed by atoms with van der Waals surface area (Å²) in [5, 5.41) is 10.7. The van der Waals surface area contributed by atoms with Gasteiger partial charge in [0.15, 0.2) is 11.6 Å². The lowest BCUT2D eigenvalue weighted by Gasteiger charge is -2.37. The number of H-pyrrole nitrogens is 1. The van der Waals surface area contributed by atoms with Crippen LogP contribution >= 0.6 is 11.3 Å². The molecule has 52 heavy (non-hydrogen) atoms. The molecule has 1 saturated carbocycles. The predicted octanol–water partition coefficient (Wildman–Crippen LogP) is 6.90. The van der Waals surface area contributed by atoms with Gasteiger partial charge in [-0.1, -0.05) is 18.2 Å². The van der Waals surface area contributed by atoms with E-state index in [0.717, 1.165) is 29.5 Å². The van der Waals surface area contributed by atoms with Crippen LogP contribution in [0.1, 0.15) is 57.3 Å². The third kappa shape index (κ3) is 4.45. The molecule has 2 aliphatic carbocycles. The molecule has 2 bridgehead atoms. The summed E-state index contributed by atoms with van der Waals surface area (Å²) in [6.45, 7) is 0.652. The van der Waals surface area contributed by atoms with E-state index in [1.165, 1.54) is 36.6 Å². The van der Waals surface area contributed by atoms with Crippen molar-refractivity contribution in [1.29, 1.82) is 0 Å². The number of methoxy groups -OCH3 is 1. The zero-order valence-electron chi connectivity index (χ0n) is 27.6. The van der Waals surface area contributed by atoms with Crippen LogP contribution in [0.15, 0.2) is 63.9 Å². The summed E-state index contributed by atoms with van der Waals surface area (Å²) in [6, 6.07) is 12.1. The van der Waals surface area contributed by atoms with Crippen molar-refractivity contribution in [1.82, 2.24) is 25.1 Å². The number of carbonyl (C=O) groups is 1. The van der Waals surface area contributed by atoms with Crippen LogP contribution in [0.25, 0.3) is 32.0 Å². The molecular formula is C38H29F3N6O4S. The molecule has 6 aromatic rings. The fraction of sp³-hybridized carbons (Fsp3) is 0.289. The summed E-state index contributed by atoms with van der Waals surface area (Å²) in [5.74, 6) is -0.856. The van der Waals surface area contributed by atoms with E-state index in [1.54, 1.807) is 24.4 Å². The number of aromatic nitrogens is 4. The van der Waals surface area contributed by atoms with Crippen molar-refractivity contribution in [3.8, 4) is 27.6 Å². The quantitative estimate of drug-likeness (QED) is 0.174. The number of benzene rings is 2. The smallest absolute Gasteiger partial charge is 0.434 e. The Bertz CT molecular complexity index is 2520. The van der Waals surface area contributed by atoms with Gasteiger partial charge in [-0.2, -0.15) is 0 Å². The number of anilines is 1. The monoisotopic (exact) mass is 722 g/mol. The Labute approximate surface area is 297 Å². The van der Waals surface area contributed by atoms with Crippen molar-refractivity contribution < 1.29 is 27.1 Å². The van der Waals surface area contributed by atoms with E-state index in [-0.39, 0.29) is 29.8 Å². The minimum atomic E-state index is -1.36. The maximum atomic E-state index is 15.7. The fourth-order valence-electron chi connectivity index (χ4n) is 8.85. The van der Waals surface area contributed by atoms with E-state index in [4.69, 9.17) is 14.1 Å². The van der Waals surface area contributed by atoms with Gasteiger partial charge in [-0.3, -0.25) is 9.78 Å². The van der Waals surface area contributed by atoms with Crippen LogP contribution < -0.4 is 15.8 Å². The molecule has 7 heterocycles. The molecule has 4 aromatic heterocycles. The Balaban J connectivity index is 1.14. The molecule has 1 amide bonds. The van der Waals surface area contributed by atoms with Crippen LogP contribution in [0.5, 0.6) is 5.75 Å². The number of pyridine rings is 2. The average molecular weight is 723 g/mol. The van der Waals surface area contributed by atoms with E-state index in [1.807, 2.05) is 17.0 Å². The molecule has 11 rings (SSSR count). The first-order valence-corrected chi connectivity index (χ1v) is 17.9. The van der Waals surface area contributed by atoms with Gasteiger partial charge in [0.25, 0.3) is 11.8 Å². The Morgan fingerprint density at radius 3 is 2.67 bits per heavy atom. The van der Waals surface area contributed by atoms with Crippen LogP contribution in [0.2, 0.25) is 0 Å². The highest BCUT2D eigenvalue weighted by molar-refractivity contribution is 7.23. The lowest BCUT2D eigenvalue weighted by molar-refractivity contribution is 0.0637. The van der Waals surface area contributed by atoms with Crippen molar-refractivity contribution in [3.63, 3.8) is 0 Å². The molecule has 2 aromatic carbocycles. The number of halogens is 3. The van der Waals surface area contributed by atoms with Gasteiger partial charge in [0.1, 0.15) is 17.8 Å². The number of hydrogen-bond acceptors (Lipinski definition) is 9. The van der Waals surface area contributed by atoms with E-state index in [2.05, 4.69) is 20.5 Å². The first kappa shape index (κ1) is 31.3. The van der Waals surface area contributed by atoms with Crippen molar-refractivity contribution in [2.24, 2.45) is 5.92 Å². The van der Waals surface area contributed by atoms with Gasteiger partial charge < -0.3 is 19.4 Å². The van der Waals surface area contributed by atoms with Crippen molar-refractivity contribution in [3.05, 3.63) is 111 Å². The molecule has 2 saturated heterocycles. The van der Waals surface area contributed by atoms with Crippen LogP contribution in [0, 0.1) is 17.6 Å². The first-order valence-electron chi connectivity index (χ1n) is 17.1. The third-order valence-corrected chi connectivity index (χ3v) is 12.3. The zero-order chi connectivity index (χ0) is 35.5. The summed E-state index contributed by atoms with van der Waals surface area (Å²) < 4.78 is 55.5. The summed E-state index contributed by atoms with van der Waals surface area (Å²) in [7, 11) is 1.37. The number of thiophene rings is 1. The van der Waals surface area contributed by atoms with Crippen LogP contribution in [0.3, 0.4) is 0 Å². The molecular weight excluding hydrogens is 694 g/mol. The number of hydrogen-bond donors (Lipinski definition) is 2. The topological polar surface area (TPSA) is 126 Å². The van der Waals surface area contributed by atoms with E-state index >= 15 is 4.39 Å². The molecule has 1 spiro atoms. The minimum absolute atomic E-state index is 0.00574. The highest BCUT2D eigenvalue weighted by Gasteiger charge is 2.65. The number of fused-ring (bicyclic) bond motifs is 3. The molecule has 0 unspecified atom stereocenters. The average Bonchev–Trinajstić information content (AvgIpc) is 3.97. The number of nitrogens with one attached hydrogen (secondary N) is 2. The predicted molar refractivity (Wildman–Crippen MR) is 186 cm³/mol. The first-order chi connectivity index (χ1) is 25.2. The number of alkyl halides is 1. The molecule has 3 fully saturated rings. The summed E-state index contributed by atoms with van der Waals surface area (Å²) in [5.41, 5.74) is 4.25. The number of nitrogens with zero attached hydrogens (tertiary/aromatic N) is 4. The molecule has 2 atom stereocenters. The van der Waals surface area contributed by atoms with Crippen LogP contribution in [-0.2, 0) is 24.8 Å². The number of amides is 1. The second-order valence-electron chi connectivity index (χ2n) is 14.0. The molecule has 10 nitrogen and oxygen atoms in total. The highest BCUT2D eigenvalue weighted by atomic mass is 32.1. The van der Waals surface area contributed by atoms with Crippen molar-refractivity contribution in [2.75, 3.05) is 19.0 Å². The van der Waals surface area contributed by atoms with Gasteiger partial charge in [0, 0.05) is 35.2 Å². The van der Waals surface area contributed by atoms with E-state index < -0.39 is 29.3 Å². The maximum Gasteiger partial charge on any atom is 0.434 e. The number of aryl methyl sites for hydroxylation is 2. The molecule has 0 radical (unpaired) electrons. The Morgan fingerprint density at radius 2 is 1.90 bits per heavy atom. The standard InChI is InChI=1S/C38H29F3N6O4S/c1-50-31-22-13-24(41)30(21(22)7-8-23(31)40)44-34-32-19(10-11-42-34)12-26(52-32)28-27(35-45-46-37(49)51-35)25(9-4-17-2-5-20(39)6-3-17)43-33-29(28)36(48)47-16-18-14-38(33,47)15-18/h2-3,5-8,10-12,18,24,30H,4,9,13-16H2,1H3,(H,42,44)(H,46,49)/t18?,24-,30+,38?/m0/s1. The second kappa shape index (κ2) is 11.2. The summed E-state index contributed by atoms with van der Waals surface area (Å²) in [4.78, 5) is 39.2. The molecule has 2 N–H and O–H groups in total. The molecule has 3 aliphatic heterocycles. The maximum absolute atomic E-state index is 15.7. The minimum Gasteiger partial charge on any atom is -0.493 e. The third-order valence-electron chi connectivity index (χ3n) is 11.1. The lowest BCUT2D eigenvalue weighted by atomic mass is 9.71. The number of aromatic amines is 1. The normalized spacial score (nSPS) is 22.4. The number of rotatable bonds is 8. The van der Waals surface area contributed by atoms with Crippen LogP contribution in [-0.4, -0.2) is 50.8 Å². The second-order valence-corrected chi connectivity index (χ2v) is 15.0. The Kier molecular flexibility index (Phi) is 6.76. The van der Waals surface area contributed by atoms with Gasteiger partial charge in [0.2, 0.25) is 0 Å². The lowest BCUT2D eigenvalue weighted by Crippen LogP contribution is -2.40. The van der Waals surface area contributed by atoms with Crippen LogP contribution in [0.4, 0.5) is 19.0 Å². The van der Waals surface area contributed by atoms with E-state index in [0.29, 0.717) is 74.2 Å². The summed E-state index contributed by atoms with van der Waals surface area (Å²) >= 11 is 1.37. The molecule has 5 aliphatic rings. The molecule has 262 valence electrons. The van der Waals surface area contributed by atoms with Gasteiger partial charge >= 0.3 is 5.76 Å². The highest BCUT2D eigenvalue weighted by Crippen LogP contribution is 2.63. The van der Waals surface area contributed by atoms with Gasteiger partial charge in [0.05, 0.1) is 45.9 Å².